The van der Waals surface area contributed by atoms with E-state index in [1.165, 1.54) is 6.07 Å². The number of aromatic nitrogens is 2. The van der Waals surface area contributed by atoms with Crippen LogP contribution in [0.5, 0.6) is 5.75 Å². The second-order valence-electron chi connectivity index (χ2n) is 7.68. The van der Waals surface area contributed by atoms with Gasteiger partial charge in [-0.25, -0.2) is 4.39 Å². The van der Waals surface area contributed by atoms with Crippen LogP contribution in [-0.2, 0) is 13.1 Å². The van der Waals surface area contributed by atoms with Gasteiger partial charge in [0.1, 0.15) is 23.4 Å². The summed E-state index contributed by atoms with van der Waals surface area (Å²) in [7, 11) is 1.90. The van der Waals surface area contributed by atoms with Crippen molar-refractivity contribution >= 4 is 5.91 Å². The van der Waals surface area contributed by atoms with Crippen LogP contribution in [0, 0.1) is 5.82 Å². The Labute approximate surface area is 181 Å². The lowest BCUT2D eigenvalue weighted by Crippen LogP contribution is -2.31. The maximum Gasteiger partial charge on any atom is 0.272 e. The van der Waals surface area contributed by atoms with Crippen LogP contribution in [0.15, 0.2) is 60.8 Å². The molecule has 0 saturated heterocycles. The highest BCUT2D eigenvalue weighted by Crippen LogP contribution is 2.27. The van der Waals surface area contributed by atoms with Crippen LogP contribution in [0.1, 0.15) is 40.6 Å². The Hall–Kier alpha value is -3.19. The van der Waals surface area contributed by atoms with Gasteiger partial charge in [0.2, 0.25) is 0 Å². The summed E-state index contributed by atoms with van der Waals surface area (Å²) in [4.78, 5) is 14.5. The number of carbonyl (C=O) groups is 1. The molecule has 0 radical (unpaired) electrons. The van der Waals surface area contributed by atoms with E-state index in [0.29, 0.717) is 30.1 Å². The summed E-state index contributed by atoms with van der Waals surface area (Å²) < 4.78 is 22.8. The van der Waals surface area contributed by atoms with Crippen LogP contribution < -0.4 is 10.1 Å². The van der Waals surface area contributed by atoms with Crippen LogP contribution >= 0.6 is 0 Å². The number of fused-ring (bicyclic) bond motifs is 1. The van der Waals surface area contributed by atoms with Gasteiger partial charge in [0, 0.05) is 43.9 Å². The molecule has 0 spiro atoms. The molecule has 7 heteroatoms. The predicted octanol–water partition coefficient (Wildman–Crippen LogP) is 3.80. The highest BCUT2D eigenvalue weighted by atomic mass is 19.1. The van der Waals surface area contributed by atoms with Crippen LogP contribution in [0.4, 0.5) is 4.39 Å². The van der Waals surface area contributed by atoms with Gasteiger partial charge in [-0.3, -0.25) is 9.48 Å². The molecule has 0 fully saturated rings. The Morgan fingerprint density at radius 3 is 2.77 bits per heavy atom. The molecule has 0 saturated carbocycles. The first kappa shape index (κ1) is 21.1. The molecular weight excluding hydrogens is 395 g/mol. The van der Waals surface area contributed by atoms with Crippen molar-refractivity contribution in [3.63, 3.8) is 0 Å². The zero-order valence-electron chi connectivity index (χ0n) is 17.6. The van der Waals surface area contributed by atoms with E-state index in [0.717, 1.165) is 24.9 Å². The summed E-state index contributed by atoms with van der Waals surface area (Å²) >= 11 is 0. The van der Waals surface area contributed by atoms with Gasteiger partial charge >= 0.3 is 0 Å². The number of hydrogen-bond acceptors (Lipinski definition) is 4. The monoisotopic (exact) mass is 422 g/mol. The van der Waals surface area contributed by atoms with E-state index < -0.39 is 0 Å². The Kier molecular flexibility index (Phi) is 6.62. The Morgan fingerprint density at radius 2 is 2.00 bits per heavy atom. The van der Waals surface area contributed by atoms with Gasteiger partial charge < -0.3 is 15.0 Å². The van der Waals surface area contributed by atoms with Crippen molar-refractivity contribution in [1.82, 2.24) is 20.0 Å². The van der Waals surface area contributed by atoms with Crippen molar-refractivity contribution < 1.29 is 13.9 Å². The summed E-state index contributed by atoms with van der Waals surface area (Å²) in [6.07, 6.45) is 3.00. The van der Waals surface area contributed by atoms with Crippen molar-refractivity contribution in [2.45, 2.75) is 32.0 Å². The number of ether oxygens (including phenoxy) is 1. The molecule has 1 atom stereocenters. The third-order valence-electron chi connectivity index (χ3n) is 5.51. The van der Waals surface area contributed by atoms with Gasteiger partial charge in [-0.15, -0.1) is 0 Å². The second kappa shape index (κ2) is 9.75. The number of aryl methyl sites for hydroxylation is 1. The lowest BCUT2D eigenvalue weighted by molar-refractivity contribution is 0.0744. The molecule has 1 aromatic heterocycles. The highest BCUT2D eigenvalue weighted by Gasteiger charge is 2.24. The lowest BCUT2D eigenvalue weighted by Gasteiger charge is -2.22. The van der Waals surface area contributed by atoms with Crippen LogP contribution in [-0.4, -0.2) is 40.7 Å². The molecule has 2 aromatic carbocycles. The van der Waals surface area contributed by atoms with Crippen molar-refractivity contribution in [2.24, 2.45) is 0 Å². The van der Waals surface area contributed by atoms with Crippen molar-refractivity contribution in [2.75, 3.05) is 20.1 Å². The third kappa shape index (κ3) is 4.94. The number of hydrogen-bond donors (Lipinski definition) is 1. The van der Waals surface area contributed by atoms with Gasteiger partial charge in [0.25, 0.3) is 5.91 Å². The zero-order valence-corrected chi connectivity index (χ0v) is 17.6. The van der Waals surface area contributed by atoms with Gasteiger partial charge in [0.05, 0.1) is 0 Å². The van der Waals surface area contributed by atoms with Crippen molar-refractivity contribution in [3.8, 4) is 5.75 Å². The Balaban J connectivity index is 1.48. The lowest BCUT2D eigenvalue weighted by atomic mass is 10.1. The van der Waals surface area contributed by atoms with Gasteiger partial charge in [0.15, 0.2) is 0 Å². The van der Waals surface area contributed by atoms with E-state index in [1.54, 1.807) is 34.0 Å². The molecule has 3 aromatic rings. The minimum absolute atomic E-state index is 0.120. The minimum atomic E-state index is -0.372. The largest absolute Gasteiger partial charge is 0.486 e. The average molecular weight is 423 g/mol. The van der Waals surface area contributed by atoms with E-state index >= 15 is 0 Å². The molecule has 0 bridgehead atoms. The molecule has 1 unspecified atom stereocenters. The molecule has 1 aliphatic heterocycles. The number of amides is 1. The smallest absolute Gasteiger partial charge is 0.272 e. The van der Waals surface area contributed by atoms with Crippen LogP contribution in [0.25, 0.3) is 0 Å². The van der Waals surface area contributed by atoms with Crippen molar-refractivity contribution in [3.05, 3.63) is 83.4 Å². The number of nitrogens with zero attached hydrogens (tertiary/aromatic N) is 3. The molecule has 6 nitrogen and oxygen atoms in total. The molecule has 1 aliphatic rings. The molecule has 2 heterocycles. The van der Waals surface area contributed by atoms with Crippen LogP contribution in [0.2, 0.25) is 0 Å². The Bertz CT molecular complexity index is 1020. The van der Waals surface area contributed by atoms with Gasteiger partial charge in [-0.1, -0.05) is 36.4 Å². The summed E-state index contributed by atoms with van der Waals surface area (Å²) in [6.45, 7) is 2.26. The average Bonchev–Trinajstić information content (AvgIpc) is 3.20. The fraction of sp³-hybridized carbons (Fsp3) is 0.333. The number of nitrogens with one attached hydrogen (secondary N) is 1. The Morgan fingerprint density at radius 1 is 1.16 bits per heavy atom. The third-order valence-corrected chi connectivity index (χ3v) is 5.51. The number of benzene rings is 2. The number of halogens is 1. The predicted molar refractivity (Wildman–Crippen MR) is 116 cm³/mol. The van der Waals surface area contributed by atoms with E-state index in [-0.39, 0.29) is 24.4 Å². The quantitative estimate of drug-likeness (QED) is 0.600. The summed E-state index contributed by atoms with van der Waals surface area (Å²) in [6, 6.07) is 16.5. The second-order valence-corrected chi connectivity index (χ2v) is 7.68. The van der Waals surface area contributed by atoms with E-state index in [2.05, 4.69) is 10.4 Å². The normalized spacial score (nSPS) is 14.8. The standard InChI is InChI=1S/C24H27FN4O2/c1-26-12-11-23(18-6-3-2-4-7-18)31-20-9-8-19(21(25)16-20)17-28-14-5-15-29-22(24(28)30)10-13-27-29/h2-4,6-10,13,16,23,26H,5,11-12,14-15,17H2,1H3. The molecular formula is C24H27FN4O2. The summed E-state index contributed by atoms with van der Waals surface area (Å²) in [5.74, 6) is -0.0131. The summed E-state index contributed by atoms with van der Waals surface area (Å²) in [5, 5.41) is 7.32. The first-order valence-electron chi connectivity index (χ1n) is 10.6. The first-order chi connectivity index (χ1) is 15.2. The van der Waals surface area contributed by atoms with Crippen LogP contribution in [0.3, 0.4) is 0 Å². The van der Waals surface area contributed by atoms with E-state index in [9.17, 15) is 9.18 Å². The molecule has 1 amide bonds. The SMILES string of the molecule is CNCCC(Oc1ccc(CN2CCCn3nccc3C2=O)c(F)c1)c1ccccc1. The fourth-order valence-electron chi connectivity index (χ4n) is 3.85. The molecule has 0 aliphatic carbocycles. The molecule has 162 valence electrons. The summed E-state index contributed by atoms with van der Waals surface area (Å²) in [5.41, 5.74) is 2.07. The maximum atomic E-state index is 14.9. The number of rotatable bonds is 8. The minimum Gasteiger partial charge on any atom is -0.486 e. The molecule has 4 rings (SSSR count). The van der Waals surface area contributed by atoms with Gasteiger partial charge in [-0.2, -0.15) is 5.10 Å². The molecule has 31 heavy (non-hydrogen) atoms. The topological polar surface area (TPSA) is 59.4 Å². The van der Waals surface area contributed by atoms with Crippen molar-refractivity contribution in [1.29, 1.82) is 0 Å². The van der Waals surface area contributed by atoms with E-state index in [4.69, 9.17) is 4.74 Å². The molecule has 1 N–H and O–H groups in total. The fourth-order valence-corrected chi connectivity index (χ4v) is 3.85. The highest BCUT2D eigenvalue weighted by molar-refractivity contribution is 5.92. The van der Waals surface area contributed by atoms with Gasteiger partial charge in [-0.05, 0) is 37.7 Å². The zero-order chi connectivity index (χ0) is 21.6. The first-order valence-corrected chi connectivity index (χ1v) is 10.6. The maximum absolute atomic E-state index is 14.9. The van der Waals surface area contributed by atoms with E-state index in [1.807, 2.05) is 37.4 Å². The number of carbonyl (C=O) groups excluding carboxylic acids is 1.